The summed E-state index contributed by atoms with van der Waals surface area (Å²) < 4.78 is 0. The lowest BCUT2D eigenvalue weighted by molar-refractivity contribution is 0.263. The third kappa shape index (κ3) is 8.92. The van der Waals surface area contributed by atoms with Gasteiger partial charge in [-0.2, -0.15) is 0 Å². The molecular weight excluding hydrogens is 182 g/mol. The van der Waals surface area contributed by atoms with Gasteiger partial charge in [0.15, 0.2) is 0 Å². The van der Waals surface area contributed by atoms with Gasteiger partial charge in [-0.3, -0.25) is 0 Å². The van der Waals surface area contributed by atoms with Gasteiger partial charge in [-0.1, -0.05) is 33.6 Å². The van der Waals surface area contributed by atoms with Gasteiger partial charge in [0.2, 0.25) is 0 Å². The molecule has 0 rings (SSSR count). The summed E-state index contributed by atoms with van der Waals surface area (Å²) in [7, 11) is 2.22. The Balaban J connectivity index is 3.38. The normalized spacial score (nSPS) is 14.2. The van der Waals surface area contributed by atoms with Crippen molar-refractivity contribution in [3.05, 3.63) is 0 Å². The fourth-order valence-electron chi connectivity index (χ4n) is 2.03. The van der Waals surface area contributed by atoms with Crippen LogP contribution < -0.4 is 0 Å². The third-order valence-electron chi connectivity index (χ3n) is 3.21. The highest BCUT2D eigenvalue weighted by Crippen LogP contribution is 2.17. The van der Waals surface area contributed by atoms with Gasteiger partial charge >= 0.3 is 0 Å². The molecule has 0 fully saturated rings. The Hall–Kier alpha value is -0.0400. The largest absolute Gasteiger partial charge is 0.304 e. The van der Waals surface area contributed by atoms with E-state index >= 15 is 0 Å². The van der Waals surface area contributed by atoms with Gasteiger partial charge in [-0.15, -0.1) is 0 Å². The predicted molar refractivity (Wildman–Crippen MR) is 70.2 cm³/mol. The van der Waals surface area contributed by atoms with Crippen molar-refractivity contribution < 1.29 is 0 Å². The van der Waals surface area contributed by atoms with Crippen LogP contribution in [0.2, 0.25) is 0 Å². The van der Waals surface area contributed by atoms with Crippen molar-refractivity contribution in [1.29, 1.82) is 0 Å². The van der Waals surface area contributed by atoms with Crippen molar-refractivity contribution in [2.45, 2.75) is 66.3 Å². The maximum absolute atomic E-state index is 2.44. The van der Waals surface area contributed by atoms with Crippen LogP contribution in [-0.4, -0.2) is 24.5 Å². The molecule has 1 atom stereocenters. The van der Waals surface area contributed by atoms with Crippen LogP contribution >= 0.6 is 0 Å². The summed E-state index contributed by atoms with van der Waals surface area (Å²) in [5, 5.41) is 0. The summed E-state index contributed by atoms with van der Waals surface area (Å²) in [6.45, 7) is 12.8. The quantitative estimate of drug-likeness (QED) is 0.547. The van der Waals surface area contributed by atoms with E-state index in [-0.39, 0.29) is 0 Å². The Morgan fingerprint density at radius 2 is 1.53 bits per heavy atom. The monoisotopic (exact) mass is 213 g/mol. The molecule has 0 amide bonds. The van der Waals surface area contributed by atoms with Crippen molar-refractivity contribution in [2.75, 3.05) is 13.6 Å². The number of rotatable bonds is 8. The number of unbranched alkanes of at least 4 members (excludes halogenated alkanes) is 1. The van der Waals surface area contributed by atoms with Crippen LogP contribution in [0.4, 0.5) is 0 Å². The first-order chi connectivity index (χ1) is 6.93. The van der Waals surface area contributed by atoms with Crippen LogP contribution in [0.15, 0.2) is 0 Å². The first-order valence-corrected chi connectivity index (χ1v) is 6.63. The van der Waals surface area contributed by atoms with Crippen LogP contribution in [0, 0.1) is 11.8 Å². The van der Waals surface area contributed by atoms with Gasteiger partial charge in [0.25, 0.3) is 0 Å². The fourth-order valence-corrected chi connectivity index (χ4v) is 2.03. The standard InChI is InChI=1S/C14H31N/c1-12(2)11-14(5)9-7-8-10-15(6)13(3)4/h12-14H,7-11H2,1-6H3. The Labute approximate surface area is 97.2 Å². The second kappa shape index (κ2) is 8.15. The minimum absolute atomic E-state index is 0.693. The zero-order valence-electron chi connectivity index (χ0n) is 11.7. The highest BCUT2D eigenvalue weighted by molar-refractivity contribution is 4.60. The van der Waals surface area contributed by atoms with Crippen LogP contribution in [0.1, 0.15) is 60.3 Å². The average Bonchev–Trinajstić information content (AvgIpc) is 2.10. The smallest absolute Gasteiger partial charge is 0.00355 e. The highest BCUT2D eigenvalue weighted by Gasteiger charge is 2.06. The van der Waals surface area contributed by atoms with Crippen molar-refractivity contribution in [1.82, 2.24) is 4.90 Å². The Morgan fingerprint density at radius 1 is 0.933 bits per heavy atom. The molecule has 0 aliphatic heterocycles. The lowest BCUT2D eigenvalue weighted by atomic mass is 9.94. The SMILES string of the molecule is CC(C)CC(C)CCCCN(C)C(C)C. The molecule has 0 aliphatic carbocycles. The minimum atomic E-state index is 0.693. The minimum Gasteiger partial charge on any atom is -0.304 e. The molecule has 1 unspecified atom stereocenters. The molecule has 15 heavy (non-hydrogen) atoms. The molecule has 0 spiro atoms. The zero-order valence-corrected chi connectivity index (χ0v) is 11.7. The number of hydrogen-bond acceptors (Lipinski definition) is 1. The molecule has 0 aromatic heterocycles. The van der Waals surface area contributed by atoms with Crippen molar-refractivity contribution in [3.63, 3.8) is 0 Å². The highest BCUT2D eigenvalue weighted by atomic mass is 15.1. The summed E-state index contributed by atoms with van der Waals surface area (Å²) in [6, 6.07) is 0.693. The van der Waals surface area contributed by atoms with Gasteiger partial charge in [0.1, 0.15) is 0 Å². The van der Waals surface area contributed by atoms with Crippen molar-refractivity contribution in [2.24, 2.45) is 11.8 Å². The average molecular weight is 213 g/mol. The third-order valence-corrected chi connectivity index (χ3v) is 3.21. The van der Waals surface area contributed by atoms with E-state index in [1.165, 1.54) is 32.2 Å². The van der Waals surface area contributed by atoms with E-state index in [1.54, 1.807) is 0 Å². The van der Waals surface area contributed by atoms with E-state index in [4.69, 9.17) is 0 Å². The molecule has 0 aromatic rings. The second-order valence-corrected chi connectivity index (χ2v) is 5.80. The zero-order chi connectivity index (χ0) is 11.8. The molecule has 0 bridgehead atoms. The van der Waals surface area contributed by atoms with E-state index in [0.717, 1.165) is 11.8 Å². The first-order valence-electron chi connectivity index (χ1n) is 6.63. The van der Waals surface area contributed by atoms with Crippen LogP contribution in [-0.2, 0) is 0 Å². The van der Waals surface area contributed by atoms with E-state index in [9.17, 15) is 0 Å². The number of hydrogen-bond donors (Lipinski definition) is 0. The van der Waals surface area contributed by atoms with Gasteiger partial charge in [0.05, 0.1) is 0 Å². The van der Waals surface area contributed by atoms with E-state index in [2.05, 4.69) is 46.6 Å². The Morgan fingerprint density at radius 3 is 2.00 bits per heavy atom. The van der Waals surface area contributed by atoms with Gasteiger partial charge in [-0.05, 0) is 52.1 Å². The van der Waals surface area contributed by atoms with Crippen LogP contribution in [0.25, 0.3) is 0 Å². The molecule has 0 radical (unpaired) electrons. The molecule has 1 heteroatoms. The fraction of sp³-hybridized carbons (Fsp3) is 1.00. The van der Waals surface area contributed by atoms with Crippen LogP contribution in [0.5, 0.6) is 0 Å². The molecule has 92 valence electrons. The Bertz CT molecular complexity index is 140. The summed E-state index contributed by atoms with van der Waals surface area (Å²) in [6.07, 6.45) is 5.55. The summed E-state index contributed by atoms with van der Waals surface area (Å²) in [5.74, 6) is 1.77. The van der Waals surface area contributed by atoms with Gasteiger partial charge < -0.3 is 4.90 Å². The molecule has 0 saturated carbocycles. The molecule has 0 saturated heterocycles. The second-order valence-electron chi connectivity index (χ2n) is 5.80. The van der Waals surface area contributed by atoms with Gasteiger partial charge in [0, 0.05) is 6.04 Å². The van der Waals surface area contributed by atoms with E-state index in [0.29, 0.717) is 6.04 Å². The molecule has 1 nitrogen and oxygen atoms in total. The van der Waals surface area contributed by atoms with Crippen LogP contribution in [0.3, 0.4) is 0 Å². The Kier molecular flexibility index (Phi) is 8.13. The summed E-state index contributed by atoms with van der Waals surface area (Å²) in [4.78, 5) is 2.44. The topological polar surface area (TPSA) is 3.24 Å². The maximum Gasteiger partial charge on any atom is 0.00355 e. The molecule has 0 aromatic carbocycles. The van der Waals surface area contributed by atoms with Crippen molar-refractivity contribution >= 4 is 0 Å². The van der Waals surface area contributed by atoms with Crippen molar-refractivity contribution in [3.8, 4) is 0 Å². The molecule has 0 aliphatic rings. The lowest BCUT2D eigenvalue weighted by Gasteiger charge is -2.21. The summed E-state index contributed by atoms with van der Waals surface area (Å²) >= 11 is 0. The molecular formula is C14H31N. The van der Waals surface area contributed by atoms with Gasteiger partial charge in [-0.25, -0.2) is 0 Å². The molecule has 0 N–H and O–H groups in total. The lowest BCUT2D eigenvalue weighted by Crippen LogP contribution is -2.27. The predicted octanol–water partition coefficient (Wildman–Crippen LogP) is 4.18. The van der Waals surface area contributed by atoms with E-state index < -0.39 is 0 Å². The maximum atomic E-state index is 2.44. The van der Waals surface area contributed by atoms with E-state index in [1.807, 2.05) is 0 Å². The molecule has 0 heterocycles. The number of nitrogens with zero attached hydrogens (tertiary/aromatic N) is 1. The first kappa shape index (κ1) is 15.0. The summed E-state index contributed by atoms with van der Waals surface area (Å²) in [5.41, 5.74) is 0.